The Labute approximate surface area is 157 Å². The molecule has 0 spiro atoms. The standard InChI is InChI=1S/C22H31NOS/c1-14-11-15-9-10-20(16(12-14)13-15)23-22(25)19-7-3-6-18-17(19)5-4-8-21(18)24-2/h4-5,8,14-16,19-20H,3,6-7,9-13H2,1-2H3,(H,23,25). The van der Waals surface area contributed by atoms with Crippen LogP contribution in [0.3, 0.4) is 0 Å². The second-order valence-corrected chi connectivity index (χ2v) is 9.04. The van der Waals surface area contributed by atoms with Gasteiger partial charge in [0.1, 0.15) is 5.75 Å². The molecule has 0 radical (unpaired) electrons. The summed E-state index contributed by atoms with van der Waals surface area (Å²) in [6, 6.07) is 7.06. The molecule has 2 fully saturated rings. The van der Waals surface area contributed by atoms with Gasteiger partial charge in [-0.15, -0.1) is 0 Å². The molecule has 2 bridgehead atoms. The molecule has 3 aliphatic rings. The predicted molar refractivity (Wildman–Crippen MR) is 107 cm³/mol. The number of nitrogens with one attached hydrogen (secondary N) is 1. The van der Waals surface area contributed by atoms with Crippen molar-refractivity contribution in [3.8, 4) is 5.75 Å². The average Bonchev–Trinajstić information content (AvgIpc) is 2.62. The van der Waals surface area contributed by atoms with Crippen LogP contribution < -0.4 is 10.1 Å². The summed E-state index contributed by atoms with van der Waals surface area (Å²) in [4.78, 5) is 1.08. The van der Waals surface area contributed by atoms with Gasteiger partial charge in [-0.25, -0.2) is 0 Å². The molecule has 3 heteroatoms. The molecule has 0 amide bonds. The lowest BCUT2D eigenvalue weighted by atomic mass is 9.66. The first-order chi connectivity index (χ1) is 12.2. The van der Waals surface area contributed by atoms with Crippen molar-refractivity contribution in [1.82, 2.24) is 5.32 Å². The molecular weight excluding hydrogens is 326 g/mol. The summed E-state index contributed by atoms with van der Waals surface area (Å²) in [7, 11) is 1.78. The van der Waals surface area contributed by atoms with Crippen molar-refractivity contribution in [2.45, 2.75) is 70.3 Å². The fourth-order valence-corrected chi connectivity index (χ4v) is 6.17. The molecule has 1 aromatic rings. The number of rotatable bonds is 3. The third-order valence-corrected chi connectivity index (χ3v) is 7.26. The summed E-state index contributed by atoms with van der Waals surface area (Å²) in [5.41, 5.74) is 2.77. The van der Waals surface area contributed by atoms with Gasteiger partial charge in [0, 0.05) is 12.0 Å². The molecule has 4 rings (SSSR count). The van der Waals surface area contributed by atoms with Crippen LogP contribution in [0.1, 0.15) is 68.9 Å². The molecule has 0 heterocycles. The summed E-state index contributed by atoms with van der Waals surface area (Å²) >= 11 is 5.94. The number of benzene rings is 1. The van der Waals surface area contributed by atoms with E-state index in [0.29, 0.717) is 12.0 Å². The minimum Gasteiger partial charge on any atom is -0.496 e. The monoisotopic (exact) mass is 357 g/mol. The van der Waals surface area contributed by atoms with E-state index in [2.05, 4.69) is 30.4 Å². The largest absolute Gasteiger partial charge is 0.496 e. The van der Waals surface area contributed by atoms with Crippen molar-refractivity contribution in [1.29, 1.82) is 0 Å². The highest BCUT2D eigenvalue weighted by Crippen LogP contribution is 2.43. The van der Waals surface area contributed by atoms with Gasteiger partial charge in [0.15, 0.2) is 0 Å². The molecule has 1 N–H and O–H groups in total. The number of fused-ring (bicyclic) bond motifs is 3. The van der Waals surface area contributed by atoms with E-state index in [0.717, 1.165) is 34.9 Å². The van der Waals surface area contributed by atoms with E-state index >= 15 is 0 Å². The summed E-state index contributed by atoms with van der Waals surface area (Å²) in [6.07, 6.45) is 10.4. The molecule has 1 aromatic carbocycles. The number of methoxy groups -OCH3 is 1. The van der Waals surface area contributed by atoms with Crippen LogP contribution in [0.4, 0.5) is 0 Å². The maximum absolute atomic E-state index is 5.94. The molecule has 136 valence electrons. The SMILES string of the molecule is COc1cccc2c1CCCC2C(=S)NC1CCC2CC(C)CC1C2. The Balaban J connectivity index is 1.49. The van der Waals surface area contributed by atoms with Crippen LogP contribution in [0, 0.1) is 17.8 Å². The van der Waals surface area contributed by atoms with Crippen LogP contribution in [0.2, 0.25) is 0 Å². The highest BCUT2D eigenvalue weighted by Gasteiger charge is 2.37. The zero-order chi connectivity index (χ0) is 17.4. The quantitative estimate of drug-likeness (QED) is 0.747. The highest BCUT2D eigenvalue weighted by molar-refractivity contribution is 7.80. The van der Waals surface area contributed by atoms with Gasteiger partial charge in [-0.2, -0.15) is 0 Å². The van der Waals surface area contributed by atoms with Crippen LogP contribution in [-0.4, -0.2) is 18.1 Å². The van der Waals surface area contributed by atoms with Gasteiger partial charge in [-0.1, -0.05) is 31.3 Å². The van der Waals surface area contributed by atoms with Gasteiger partial charge >= 0.3 is 0 Å². The molecule has 25 heavy (non-hydrogen) atoms. The summed E-state index contributed by atoms with van der Waals surface area (Å²) < 4.78 is 5.59. The van der Waals surface area contributed by atoms with Crippen LogP contribution in [0.25, 0.3) is 0 Å². The number of hydrogen-bond acceptors (Lipinski definition) is 2. The van der Waals surface area contributed by atoms with E-state index in [4.69, 9.17) is 17.0 Å². The van der Waals surface area contributed by atoms with Crippen LogP contribution in [0.5, 0.6) is 5.75 Å². The number of hydrogen-bond donors (Lipinski definition) is 1. The lowest BCUT2D eigenvalue weighted by Gasteiger charge is -2.44. The van der Waals surface area contributed by atoms with Crippen molar-refractivity contribution in [3.63, 3.8) is 0 Å². The first kappa shape index (κ1) is 17.3. The Kier molecular flexibility index (Phi) is 5.04. The maximum Gasteiger partial charge on any atom is 0.122 e. The molecule has 2 saturated carbocycles. The minimum absolute atomic E-state index is 0.368. The van der Waals surface area contributed by atoms with Crippen molar-refractivity contribution in [2.75, 3.05) is 7.11 Å². The van der Waals surface area contributed by atoms with Gasteiger partial charge in [-0.3, -0.25) is 0 Å². The van der Waals surface area contributed by atoms with Crippen molar-refractivity contribution < 1.29 is 4.74 Å². The van der Waals surface area contributed by atoms with Crippen LogP contribution in [-0.2, 0) is 6.42 Å². The topological polar surface area (TPSA) is 21.3 Å². The smallest absolute Gasteiger partial charge is 0.122 e. The fraction of sp³-hybridized carbons (Fsp3) is 0.682. The molecule has 0 aliphatic heterocycles. The molecular formula is C22H31NOS. The Morgan fingerprint density at radius 2 is 2.04 bits per heavy atom. The van der Waals surface area contributed by atoms with Crippen LogP contribution in [0.15, 0.2) is 18.2 Å². The first-order valence-corrected chi connectivity index (χ1v) is 10.5. The Hall–Kier alpha value is -1.09. The second kappa shape index (κ2) is 7.26. The van der Waals surface area contributed by atoms with E-state index in [-0.39, 0.29) is 0 Å². The molecule has 0 aromatic heterocycles. The van der Waals surface area contributed by atoms with E-state index in [1.807, 2.05) is 0 Å². The van der Waals surface area contributed by atoms with Crippen molar-refractivity contribution in [2.24, 2.45) is 17.8 Å². The predicted octanol–water partition coefficient (Wildman–Crippen LogP) is 5.25. The zero-order valence-corrected chi connectivity index (χ0v) is 16.4. The van der Waals surface area contributed by atoms with E-state index in [9.17, 15) is 0 Å². The fourth-order valence-electron chi connectivity index (χ4n) is 5.77. The molecule has 3 aliphatic carbocycles. The molecule has 2 nitrogen and oxygen atoms in total. The third kappa shape index (κ3) is 3.45. The van der Waals surface area contributed by atoms with E-state index < -0.39 is 0 Å². The average molecular weight is 358 g/mol. The van der Waals surface area contributed by atoms with Crippen LogP contribution >= 0.6 is 12.2 Å². The molecule has 0 saturated heterocycles. The van der Waals surface area contributed by atoms with Gasteiger partial charge in [0.2, 0.25) is 0 Å². The lowest BCUT2D eigenvalue weighted by Crippen LogP contribution is -2.47. The Morgan fingerprint density at radius 3 is 2.88 bits per heavy atom. The first-order valence-electron chi connectivity index (χ1n) is 10.1. The van der Waals surface area contributed by atoms with Gasteiger partial charge in [-0.05, 0) is 86.3 Å². The summed E-state index contributed by atoms with van der Waals surface area (Å²) in [6.45, 7) is 2.43. The van der Waals surface area contributed by atoms with E-state index in [1.165, 1.54) is 56.1 Å². The number of ether oxygens (including phenoxy) is 1. The summed E-state index contributed by atoms with van der Waals surface area (Å²) in [5, 5.41) is 3.83. The van der Waals surface area contributed by atoms with Gasteiger partial charge in [0.05, 0.1) is 12.1 Å². The minimum atomic E-state index is 0.368. The normalized spacial score (nSPS) is 34.1. The van der Waals surface area contributed by atoms with Gasteiger partial charge < -0.3 is 10.1 Å². The lowest BCUT2D eigenvalue weighted by molar-refractivity contribution is 0.118. The van der Waals surface area contributed by atoms with E-state index in [1.54, 1.807) is 7.11 Å². The zero-order valence-electron chi connectivity index (χ0n) is 15.6. The second-order valence-electron chi connectivity index (χ2n) is 8.60. The Morgan fingerprint density at radius 1 is 1.16 bits per heavy atom. The summed E-state index contributed by atoms with van der Waals surface area (Å²) in [5.74, 6) is 4.09. The maximum atomic E-state index is 5.94. The van der Waals surface area contributed by atoms with Gasteiger partial charge in [0.25, 0.3) is 0 Å². The highest BCUT2D eigenvalue weighted by atomic mass is 32.1. The van der Waals surface area contributed by atoms with Crippen molar-refractivity contribution in [3.05, 3.63) is 29.3 Å². The molecule has 5 atom stereocenters. The Bertz CT molecular complexity index is 641. The van der Waals surface area contributed by atoms with Crippen molar-refractivity contribution >= 4 is 17.2 Å². The molecule has 5 unspecified atom stereocenters. The number of thiocarbonyl (C=S) groups is 1. The third-order valence-electron chi connectivity index (χ3n) is 6.86.